The molecule has 0 atom stereocenters. The lowest BCUT2D eigenvalue weighted by atomic mass is 10.2. The van der Waals surface area contributed by atoms with Gasteiger partial charge in [-0.15, -0.1) is 0 Å². The van der Waals surface area contributed by atoms with E-state index in [1.54, 1.807) is 6.20 Å². The Morgan fingerprint density at radius 2 is 2.17 bits per heavy atom. The average Bonchev–Trinajstić information content (AvgIpc) is 2.85. The van der Waals surface area contributed by atoms with Crippen molar-refractivity contribution in [1.29, 1.82) is 0 Å². The minimum atomic E-state index is -0.300. The molecular weight excluding hydrogens is 230 g/mol. The third-order valence-electron chi connectivity index (χ3n) is 2.49. The van der Waals surface area contributed by atoms with Crippen molar-refractivity contribution in [2.24, 2.45) is 0 Å². The molecule has 18 heavy (non-hydrogen) atoms. The molecule has 2 rings (SSSR count). The van der Waals surface area contributed by atoms with Crippen LogP contribution in [0, 0.1) is 0 Å². The molecule has 0 fully saturated rings. The molecule has 0 radical (unpaired) electrons. The lowest BCUT2D eigenvalue weighted by molar-refractivity contribution is -0.138. The van der Waals surface area contributed by atoms with Crippen molar-refractivity contribution in [2.75, 3.05) is 19.0 Å². The molecule has 94 valence electrons. The summed E-state index contributed by atoms with van der Waals surface area (Å²) in [5.41, 5.74) is 1.98. The van der Waals surface area contributed by atoms with Gasteiger partial charge in [-0.05, 0) is 5.56 Å². The van der Waals surface area contributed by atoms with Crippen LogP contribution in [0.2, 0.25) is 0 Å². The van der Waals surface area contributed by atoms with Crippen LogP contribution in [0.3, 0.4) is 0 Å². The van der Waals surface area contributed by atoms with Gasteiger partial charge in [0.25, 0.3) is 0 Å². The van der Waals surface area contributed by atoms with Crippen molar-refractivity contribution in [1.82, 2.24) is 9.78 Å². The number of ether oxygens (including phenoxy) is 1. The summed E-state index contributed by atoms with van der Waals surface area (Å²) in [6.45, 7) is 0.855. The normalized spacial score (nSPS) is 10.1. The van der Waals surface area contributed by atoms with Crippen LogP contribution < -0.4 is 5.32 Å². The third kappa shape index (κ3) is 3.35. The van der Waals surface area contributed by atoms with Crippen LogP contribution in [-0.2, 0) is 16.1 Å². The number of hydrogen-bond donors (Lipinski definition) is 1. The zero-order valence-electron chi connectivity index (χ0n) is 10.2. The van der Waals surface area contributed by atoms with Gasteiger partial charge in [0.05, 0.1) is 25.5 Å². The SMILES string of the molecule is COC(=O)CNc1cnn(Cc2ccccc2)c1. The van der Waals surface area contributed by atoms with Gasteiger partial charge >= 0.3 is 5.97 Å². The van der Waals surface area contributed by atoms with Crippen LogP contribution in [0.25, 0.3) is 0 Å². The van der Waals surface area contributed by atoms with Crippen molar-refractivity contribution in [3.8, 4) is 0 Å². The molecule has 0 saturated carbocycles. The number of benzene rings is 1. The average molecular weight is 245 g/mol. The number of methoxy groups -OCH3 is 1. The van der Waals surface area contributed by atoms with Gasteiger partial charge < -0.3 is 10.1 Å². The van der Waals surface area contributed by atoms with Gasteiger partial charge in [0.1, 0.15) is 6.54 Å². The van der Waals surface area contributed by atoms with Crippen LogP contribution in [0.5, 0.6) is 0 Å². The monoisotopic (exact) mass is 245 g/mol. The highest BCUT2D eigenvalue weighted by Crippen LogP contribution is 2.07. The Hall–Kier alpha value is -2.30. The molecule has 0 bridgehead atoms. The van der Waals surface area contributed by atoms with Gasteiger partial charge in [-0.2, -0.15) is 5.10 Å². The van der Waals surface area contributed by atoms with Gasteiger partial charge in [0.2, 0.25) is 0 Å². The first kappa shape index (κ1) is 12.2. The predicted octanol–water partition coefficient (Wildman–Crippen LogP) is 1.52. The van der Waals surface area contributed by atoms with Crippen molar-refractivity contribution in [3.05, 3.63) is 48.3 Å². The molecule has 0 unspecified atom stereocenters. The first-order valence-corrected chi connectivity index (χ1v) is 5.65. The first-order chi connectivity index (χ1) is 8.78. The summed E-state index contributed by atoms with van der Waals surface area (Å²) in [6, 6.07) is 10.1. The number of aromatic nitrogens is 2. The number of anilines is 1. The number of hydrogen-bond acceptors (Lipinski definition) is 4. The lowest BCUT2D eigenvalue weighted by Gasteiger charge is -2.02. The summed E-state index contributed by atoms with van der Waals surface area (Å²) >= 11 is 0. The molecule has 0 saturated heterocycles. The number of carbonyl (C=O) groups is 1. The predicted molar refractivity (Wildman–Crippen MR) is 68.3 cm³/mol. The largest absolute Gasteiger partial charge is 0.468 e. The van der Waals surface area contributed by atoms with E-state index >= 15 is 0 Å². The molecule has 1 heterocycles. The van der Waals surface area contributed by atoms with E-state index in [2.05, 4.69) is 15.2 Å². The van der Waals surface area contributed by atoms with Crippen molar-refractivity contribution >= 4 is 11.7 Å². The second-order valence-electron chi connectivity index (χ2n) is 3.84. The highest BCUT2D eigenvalue weighted by atomic mass is 16.5. The Bertz CT molecular complexity index is 508. The maximum absolute atomic E-state index is 11.0. The van der Waals surface area contributed by atoms with Crippen LogP contribution in [0.15, 0.2) is 42.7 Å². The van der Waals surface area contributed by atoms with E-state index in [4.69, 9.17) is 0 Å². The quantitative estimate of drug-likeness (QED) is 0.811. The Labute approximate surface area is 105 Å². The van der Waals surface area contributed by atoms with E-state index < -0.39 is 0 Å². The maximum atomic E-state index is 11.0. The molecule has 5 nitrogen and oxygen atoms in total. The Kier molecular flexibility index (Phi) is 3.96. The molecule has 1 aromatic heterocycles. The summed E-state index contributed by atoms with van der Waals surface area (Å²) in [7, 11) is 1.36. The molecular formula is C13H15N3O2. The molecule has 0 amide bonds. The fourth-order valence-corrected chi connectivity index (χ4v) is 1.56. The fourth-order valence-electron chi connectivity index (χ4n) is 1.56. The molecule has 0 aliphatic carbocycles. The van der Waals surface area contributed by atoms with E-state index in [0.717, 1.165) is 5.69 Å². The number of nitrogens with zero attached hydrogens (tertiary/aromatic N) is 2. The van der Waals surface area contributed by atoms with Gasteiger partial charge in [-0.25, -0.2) is 0 Å². The van der Waals surface area contributed by atoms with E-state index in [9.17, 15) is 4.79 Å². The van der Waals surface area contributed by atoms with Crippen molar-refractivity contribution in [2.45, 2.75) is 6.54 Å². The van der Waals surface area contributed by atoms with Crippen molar-refractivity contribution in [3.63, 3.8) is 0 Å². The summed E-state index contributed by atoms with van der Waals surface area (Å²) in [5, 5.41) is 7.16. The highest BCUT2D eigenvalue weighted by Gasteiger charge is 2.02. The molecule has 0 spiro atoms. The fraction of sp³-hybridized carbons (Fsp3) is 0.231. The van der Waals surface area contributed by atoms with Gasteiger partial charge in [-0.1, -0.05) is 30.3 Å². The van der Waals surface area contributed by atoms with Crippen LogP contribution >= 0.6 is 0 Å². The second-order valence-corrected chi connectivity index (χ2v) is 3.84. The van der Waals surface area contributed by atoms with E-state index in [-0.39, 0.29) is 12.5 Å². The Morgan fingerprint density at radius 1 is 1.39 bits per heavy atom. The zero-order chi connectivity index (χ0) is 12.8. The summed E-state index contributed by atoms with van der Waals surface area (Å²) in [4.78, 5) is 11.0. The Morgan fingerprint density at radius 3 is 2.89 bits per heavy atom. The van der Waals surface area contributed by atoms with Gasteiger partial charge in [0.15, 0.2) is 0 Å². The third-order valence-corrected chi connectivity index (χ3v) is 2.49. The van der Waals surface area contributed by atoms with Crippen LogP contribution in [0.4, 0.5) is 5.69 Å². The smallest absolute Gasteiger partial charge is 0.325 e. The van der Waals surface area contributed by atoms with E-state index in [0.29, 0.717) is 6.54 Å². The first-order valence-electron chi connectivity index (χ1n) is 5.65. The molecule has 0 aliphatic heterocycles. The molecule has 0 aliphatic rings. The summed E-state index contributed by atoms with van der Waals surface area (Å²) < 4.78 is 6.36. The number of rotatable bonds is 5. The number of esters is 1. The Balaban J connectivity index is 1.92. The number of carbonyl (C=O) groups excluding carboxylic acids is 1. The van der Waals surface area contributed by atoms with Gasteiger partial charge in [-0.3, -0.25) is 9.48 Å². The summed E-state index contributed by atoms with van der Waals surface area (Å²) in [6.07, 6.45) is 3.54. The highest BCUT2D eigenvalue weighted by molar-refractivity contribution is 5.74. The lowest BCUT2D eigenvalue weighted by Crippen LogP contribution is -2.14. The minimum Gasteiger partial charge on any atom is -0.468 e. The molecule has 1 aromatic carbocycles. The number of nitrogens with one attached hydrogen (secondary N) is 1. The second kappa shape index (κ2) is 5.86. The van der Waals surface area contributed by atoms with Crippen LogP contribution in [0.1, 0.15) is 5.56 Å². The van der Waals surface area contributed by atoms with E-state index in [1.807, 2.05) is 41.2 Å². The minimum absolute atomic E-state index is 0.146. The van der Waals surface area contributed by atoms with E-state index in [1.165, 1.54) is 12.7 Å². The van der Waals surface area contributed by atoms with Crippen molar-refractivity contribution < 1.29 is 9.53 Å². The summed E-state index contributed by atoms with van der Waals surface area (Å²) in [5.74, 6) is -0.300. The maximum Gasteiger partial charge on any atom is 0.325 e. The van der Waals surface area contributed by atoms with Gasteiger partial charge in [0, 0.05) is 6.20 Å². The topological polar surface area (TPSA) is 56.1 Å². The molecule has 1 N–H and O–H groups in total. The zero-order valence-corrected chi connectivity index (χ0v) is 10.2. The molecule has 5 heteroatoms. The van der Waals surface area contributed by atoms with Crippen LogP contribution in [-0.4, -0.2) is 29.4 Å². The molecule has 2 aromatic rings. The standard InChI is InChI=1S/C13H15N3O2/c1-18-13(17)8-14-12-7-15-16(10-12)9-11-5-3-2-4-6-11/h2-7,10,14H,8-9H2,1H3.